The van der Waals surface area contributed by atoms with E-state index in [4.69, 9.17) is 0 Å². The molecule has 2 rings (SSSR count). The van der Waals surface area contributed by atoms with E-state index in [0.29, 0.717) is 11.8 Å². The summed E-state index contributed by atoms with van der Waals surface area (Å²) in [5, 5.41) is 2.91. The average molecular weight is 309 g/mol. The molecule has 1 aromatic carbocycles. The van der Waals surface area contributed by atoms with Crippen molar-refractivity contribution in [2.75, 3.05) is 5.75 Å². The summed E-state index contributed by atoms with van der Waals surface area (Å²) in [6.45, 7) is 4.31. The maximum Gasteiger partial charge on any atom is 0.235 e. The van der Waals surface area contributed by atoms with Gasteiger partial charge < -0.3 is 5.32 Å². The van der Waals surface area contributed by atoms with Crippen molar-refractivity contribution in [3.8, 4) is 0 Å². The number of rotatable bonds is 4. The Labute approximate surface area is 126 Å². The molecule has 0 saturated heterocycles. The molecule has 1 saturated carbocycles. The van der Waals surface area contributed by atoms with Gasteiger partial charge in [-0.15, -0.1) is 0 Å². The zero-order chi connectivity index (χ0) is 15.5. The number of carbonyl (C=O) groups excluding carboxylic acids is 1. The lowest BCUT2D eigenvalue weighted by Gasteiger charge is -2.34. The molecule has 21 heavy (non-hydrogen) atoms. The van der Waals surface area contributed by atoms with Gasteiger partial charge in [0, 0.05) is 6.04 Å². The van der Waals surface area contributed by atoms with Crippen LogP contribution in [0.2, 0.25) is 0 Å². The van der Waals surface area contributed by atoms with Crippen molar-refractivity contribution in [2.24, 2.45) is 11.8 Å². The lowest BCUT2D eigenvalue weighted by molar-refractivity contribution is -0.120. The predicted molar refractivity (Wildman–Crippen MR) is 82.6 cm³/mol. The molecule has 1 aliphatic rings. The van der Waals surface area contributed by atoms with E-state index in [9.17, 15) is 13.2 Å². The van der Waals surface area contributed by atoms with E-state index in [1.807, 2.05) is 0 Å². The summed E-state index contributed by atoms with van der Waals surface area (Å²) in [5.74, 6) is 0.0796. The Morgan fingerprint density at radius 3 is 2.52 bits per heavy atom. The van der Waals surface area contributed by atoms with Gasteiger partial charge in [-0.1, -0.05) is 44.9 Å². The third-order valence-electron chi connectivity index (χ3n) is 4.48. The Hall–Kier alpha value is -1.36. The number of hydrogen-bond acceptors (Lipinski definition) is 3. The number of benzene rings is 1. The van der Waals surface area contributed by atoms with Gasteiger partial charge in [-0.2, -0.15) is 0 Å². The van der Waals surface area contributed by atoms with Crippen molar-refractivity contribution in [3.63, 3.8) is 0 Å². The second kappa shape index (κ2) is 6.60. The molecule has 116 valence electrons. The number of carbonyl (C=O) groups is 1. The van der Waals surface area contributed by atoms with E-state index in [0.717, 1.165) is 12.8 Å². The molecule has 5 heteroatoms. The van der Waals surface area contributed by atoms with Crippen LogP contribution in [0.25, 0.3) is 0 Å². The molecule has 3 atom stereocenters. The van der Waals surface area contributed by atoms with Crippen LogP contribution >= 0.6 is 0 Å². The highest BCUT2D eigenvalue weighted by molar-refractivity contribution is 7.92. The van der Waals surface area contributed by atoms with E-state index < -0.39 is 21.5 Å². The highest BCUT2D eigenvalue weighted by Crippen LogP contribution is 2.29. The second-order valence-corrected chi connectivity index (χ2v) is 8.00. The van der Waals surface area contributed by atoms with Gasteiger partial charge in [-0.3, -0.25) is 4.79 Å². The summed E-state index contributed by atoms with van der Waals surface area (Å²) in [6.07, 6.45) is 3.19. The zero-order valence-electron chi connectivity index (χ0n) is 12.6. The van der Waals surface area contributed by atoms with Crippen molar-refractivity contribution < 1.29 is 13.2 Å². The minimum absolute atomic E-state index is 0.0900. The molecule has 0 bridgehead atoms. The van der Waals surface area contributed by atoms with Crippen molar-refractivity contribution in [1.29, 1.82) is 0 Å². The summed E-state index contributed by atoms with van der Waals surface area (Å²) in [7, 11) is -3.55. The van der Waals surface area contributed by atoms with E-state index >= 15 is 0 Å². The van der Waals surface area contributed by atoms with E-state index in [1.165, 1.54) is 18.6 Å². The molecule has 0 aliphatic heterocycles. The molecule has 4 nitrogen and oxygen atoms in total. The fourth-order valence-electron chi connectivity index (χ4n) is 2.92. The molecular formula is C16H23NO3S. The van der Waals surface area contributed by atoms with E-state index in [-0.39, 0.29) is 10.9 Å². The van der Waals surface area contributed by atoms with Crippen molar-refractivity contribution >= 4 is 15.7 Å². The van der Waals surface area contributed by atoms with Crippen molar-refractivity contribution in [2.45, 2.75) is 44.0 Å². The molecule has 1 aromatic rings. The predicted octanol–water partition coefficient (Wildman–Crippen LogP) is 2.40. The Balaban J connectivity index is 1.99. The summed E-state index contributed by atoms with van der Waals surface area (Å²) in [5.41, 5.74) is 0. The number of nitrogens with one attached hydrogen (secondary N) is 1. The normalized spacial score (nSPS) is 26.3. The van der Waals surface area contributed by atoms with Gasteiger partial charge in [0.2, 0.25) is 5.91 Å². The fourth-order valence-corrected chi connectivity index (χ4v) is 4.08. The molecule has 0 spiro atoms. The first-order chi connectivity index (χ1) is 9.90. The summed E-state index contributed by atoms with van der Waals surface area (Å²) < 4.78 is 24.3. The Bertz CT molecular complexity index is 583. The smallest absolute Gasteiger partial charge is 0.235 e. The van der Waals surface area contributed by atoms with Crippen LogP contribution in [-0.4, -0.2) is 26.1 Å². The lowest BCUT2D eigenvalue weighted by atomic mass is 9.78. The molecule has 1 N–H and O–H groups in total. The highest BCUT2D eigenvalue weighted by atomic mass is 32.2. The van der Waals surface area contributed by atoms with Crippen LogP contribution in [0.5, 0.6) is 0 Å². The summed E-state index contributed by atoms with van der Waals surface area (Å²) >= 11 is 0. The van der Waals surface area contributed by atoms with Gasteiger partial charge in [-0.25, -0.2) is 8.42 Å². The zero-order valence-corrected chi connectivity index (χ0v) is 13.4. The Morgan fingerprint density at radius 2 is 1.86 bits per heavy atom. The molecule has 1 aliphatic carbocycles. The van der Waals surface area contributed by atoms with E-state index in [2.05, 4.69) is 19.2 Å². The molecule has 0 radical (unpaired) electrons. The summed E-state index contributed by atoms with van der Waals surface area (Å²) in [6, 6.07) is 8.21. The number of sulfone groups is 1. The Kier molecular flexibility index (Phi) is 5.04. The maximum atomic E-state index is 12.2. The van der Waals surface area contributed by atoms with Crippen LogP contribution in [-0.2, 0) is 14.6 Å². The number of hydrogen-bond donors (Lipinski definition) is 1. The minimum Gasteiger partial charge on any atom is -0.352 e. The molecule has 1 fully saturated rings. The highest BCUT2D eigenvalue weighted by Gasteiger charge is 2.29. The topological polar surface area (TPSA) is 63.2 Å². The SMILES string of the molecule is CC1CCCC(NC(=O)CS(=O)(=O)c2ccccc2)C1C. The third kappa shape index (κ3) is 4.06. The second-order valence-electron chi connectivity index (χ2n) is 6.01. The quantitative estimate of drug-likeness (QED) is 0.929. The molecular weight excluding hydrogens is 286 g/mol. The maximum absolute atomic E-state index is 12.2. The van der Waals surface area contributed by atoms with Crippen LogP contribution in [0.15, 0.2) is 35.2 Å². The average Bonchev–Trinajstić information content (AvgIpc) is 2.44. The molecule has 0 heterocycles. The van der Waals surface area contributed by atoms with Gasteiger partial charge in [0.25, 0.3) is 0 Å². The molecule has 3 unspecified atom stereocenters. The van der Waals surface area contributed by atoms with Crippen LogP contribution in [0.3, 0.4) is 0 Å². The molecule has 0 aromatic heterocycles. The van der Waals surface area contributed by atoms with Crippen LogP contribution in [0.1, 0.15) is 33.1 Å². The first kappa shape index (κ1) is 16.0. The van der Waals surface area contributed by atoms with Crippen LogP contribution in [0, 0.1) is 11.8 Å². The van der Waals surface area contributed by atoms with Crippen molar-refractivity contribution in [1.82, 2.24) is 5.32 Å². The van der Waals surface area contributed by atoms with Gasteiger partial charge in [0.15, 0.2) is 9.84 Å². The minimum atomic E-state index is -3.55. The Morgan fingerprint density at radius 1 is 1.19 bits per heavy atom. The standard InChI is InChI=1S/C16H23NO3S/c1-12-7-6-10-15(13(12)2)17-16(18)11-21(19,20)14-8-4-3-5-9-14/h3-5,8-9,12-13,15H,6-7,10-11H2,1-2H3,(H,17,18). The largest absolute Gasteiger partial charge is 0.352 e. The third-order valence-corrected chi connectivity index (χ3v) is 6.11. The summed E-state index contributed by atoms with van der Waals surface area (Å²) in [4.78, 5) is 12.3. The van der Waals surface area contributed by atoms with Crippen LogP contribution in [0.4, 0.5) is 0 Å². The first-order valence-electron chi connectivity index (χ1n) is 7.47. The number of amides is 1. The van der Waals surface area contributed by atoms with Gasteiger partial charge in [-0.05, 0) is 30.4 Å². The molecule has 1 amide bonds. The van der Waals surface area contributed by atoms with E-state index in [1.54, 1.807) is 18.2 Å². The van der Waals surface area contributed by atoms with Gasteiger partial charge in [0.1, 0.15) is 5.75 Å². The van der Waals surface area contributed by atoms with Gasteiger partial charge >= 0.3 is 0 Å². The fraction of sp³-hybridized carbons (Fsp3) is 0.562. The van der Waals surface area contributed by atoms with Gasteiger partial charge in [0.05, 0.1) is 4.90 Å². The lowest BCUT2D eigenvalue weighted by Crippen LogP contribution is -2.45. The monoisotopic (exact) mass is 309 g/mol. The van der Waals surface area contributed by atoms with Crippen LogP contribution < -0.4 is 5.32 Å². The first-order valence-corrected chi connectivity index (χ1v) is 9.12. The van der Waals surface area contributed by atoms with Crippen molar-refractivity contribution in [3.05, 3.63) is 30.3 Å².